The van der Waals surface area contributed by atoms with Gasteiger partial charge in [0, 0.05) is 44.8 Å². The van der Waals surface area contributed by atoms with Gasteiger partial charge in [-0.2, -0.15) is 0 Å². The maximum Gasteiger partial charge on any atom is 0.272 e. The summed E-state index contributed by atoms with van der Waals surface area (Å²) >= 11 is 1.63. The van der Waals surface area contributed by atoms with Crippen LogP contribution in [0.4, 0.5) is 10.8 Å². The molecule has 21 heavy (non-hydrogen) atoms. The number of aromatic nitrogens is 2. The lowest BCUT2D eigenvalue weighted by molar-refractivity contribution is 0.0741. The minimum atomic E-state index is -0.00329. The van der Waals surface area contributed by atoms with Gasteiger partial charge in [0.15, 0.2) is 5.13 Å². The van der Waals surface area contributed by atoms with Crippen LogP contribution in [0.5, 0.6) is 0 Å². The minimum Gasteiger partial charge on any atom is -0.387 e. The average molecular weight is 303 g/mol. The van der Waals surface area contributed by atoms with Gasteiger partial charge in [-0.15, -0.1) is 11.3 Å². The van der Waals surface area contributed by atoms with E-state index in [4.69, 9.17) is 0 Å². The third-order valence-electron chi connectivity index (χ3n) is 3.53. The van der Waals surface area contributed by atoms with Crippen LogP contribution >= 0.6 is 11.3 Å². The van der Waals surface area contributed by atoms with E-state index in [-0.39, 0.29) is 5.91 Å². The number of nitrogens with one attached hydrogen (secondary N) is 1. The first-order valence-electron chi connectivity index (χ1n) is 6.85. The van der Waals surface area contributed by atoms with Gasteiger partial charge in [0.25, 0.3) is 5.91 Å². The van der Waals surface area contributed by atoms with Crippen LogP contribution in [-0.2, 0) is 0 Å². The third kappa shape index (κ3) is 2.97. The van der Waals surface area contributed by atoms with E-state index in [9.17, 15) is 4.79 Å². The second-order valence-corrected chi connectivity index (χ2v) is 5.65. The molecule has 110 valence electrons. The van der Waals surface area contributed by atoms with Crippen molar-refractivity contribution in [3.8, 4) is 0 Å². The maximum absolute atomic E-state index is 12.4. The maximum atomic E-state index is 12.4. The van der Waals surface area contributed by atoms with Crippen LogP contribution in [0, 0.1) is 0 Å². The van der Waals surface area contributed by atoms with Crippen molar-refractivity contribution >= 4 is 28.1 Å². The number of pyridine rings is 1. The molecule has 2 aromatic rings. The molecule has 1 saturated heterocycles. The Morgan fingerprint density at radius 2 is 2.05 bits per heavy atom. The van der Waals surface area contributed by atoms with Gasteiger partial charge in [-0.3, -0.25) is 4.79 Å². The number of amides is 1. The van der Waals surface area contributed by atoms with E-state index in [0.717, 1.165) is 23.9 Å². The number of piperazine rings is 1. The Labute approximate surface area is 127 Å². The monoisotopic (exact) mass is 303 g/mol. The average Bonchev–Trinajstić information content (AvgIpc) is 3.09. The van der Waals surface area contributed by atoms with Crippen molar-refractivity contribution in [3.05, 3.63) is 35.6 Å². The summed E-state index contributed by atoms with van der Waals surface area (Å²) in [5.41, 5.74) is 1.40. The molecule has 3 heterocycles. The molecular formula is C14H17N5OS. The van der Waals surface area contributed by atoms with E-state index >= 15 is 0 Å². The Bertz CT molecular complexity index is 590. The van der Waals surface area contributed by atoms with E-state index in [0.29, 0.717) is 18.8 Å². The molecule has 1 amide bonds. The molecule has 0 aromatic carbocycles. The topological polar surface area (TPSA) is 61.4 Å². The lowest BCUT2D eigenvalue weighted by Gasteiger charge is -2.34. The van der Waals surface area contributed by atoms with Crippen LogP contribution in [0.15, 0.2) is 29.9 Å². The highest BCUT2D eigenvalue weighted by atomic mass is 32.1. The highest BCUT2D eigenvalue weighted by molar-refractivity contribution is 7.13. The molecule has 1 N–H and O–H groups in total. The molecule has 0 aliphatic carbocycles. The van der Waals surface area contributed by atoms with E-state index in [1.54, 1.807) is 23.6 Å². The van der Waals surface area contributed by atoms with Crippen molar-refractivity contribution in [2.75, 3.05) is 43.4 Å². The smallest absolute Gasteiger partial charge is 0.272 e. The van der Waals surface area contributed by atoms with Crippen molar-refractivity contribution in [2.45, 2.75) is 0 Å². The summed E-state index contributed by atoms with van der Waals surface area (Å²) in [7, 11) is 1.83. The van der Waals surface area contributed by atoms with Crippen LogP contribution in [0.2, 0.25) is 0 Å². The number of hydrogen-bond acceptors (Lipinski definition) is 6. The largest absolute Gasteiger partial charge is 0.387 e. The van der Waals surface area contributed by atoms with Crippen molar-refractivity contribution in [3.63, 3.8) is 0 Å². The summed E-state index contributed by atoms with van der Waals surface area (Å²) in [4.78, 5) is 25.0. The first kappa shape index (κ1) is 13.8. The second-order valence-electron chi connectivity index (χ2n) is 4.78. The minimum absolute atomic E-state index is 0.00329. The van der Waals surface area contributed by atoms with Gasteiger partial charge in [0.05, 0.1) is 11.9 Å². The van der Waals surface area contributed by atoms with Gasteiger partial charge in [-0.05, 0) is 12.1 Å². The molecule has 0 unspecified atom stereocenters. The third-order valence-corrected chi connectivity index (χ3v) is 4.36. The predicted molar refractivity (Wildman–Crippen MR) is 84.0 cm³/mol. The first-order valence-corrected chi connectivity index (χ1v) is 7.73. The molecule has 3 rings (SSSR count). The Hall–Kier alpha value is -2.15. The van der Waals surface area contributed by atoms with Crippen LogP contribution in [0.3, 0.4) is 0 Å². The van der Waals surface area contributed by atoms with Crippen LogP contribution in [0.1, 0.15) is 10.5 Å². The molecule has 0 spiro atoms. The van der Waals surface area contributed by atoms with Gasteiger partial charge in [0.2, 0.25) is 0 Å². The normalized spacial score (nSPS) is 15.1. The van der Waals surface area contributed by atoms with Crippen LogP contribution < -0.4 is 10.2 Å². The predicted octanol–water partition coefficient (Wildman–Crippen LogP) is 1.54. The number of thiazole rings is 1. The van der Waals surface area contributed by atoms with Gasteiger partial charge >= 0.3 is 0 Å². The fourth-order valence-corrected chi connectivity index (χ4v) is 3.00. The highest BCUT2D eigenvalue weighted by Crippen LogP contribution is 2.19. The highest BCUT2D eigenvalue weighted by Gasteiger charge is 2.23. The van der Waals surface area contributed by atoms with E-state index in [2.05, 4.69) is 20.2 Å². The zero-order valence-electron chi connectivity index (χ0n) is 11.8. The zero-order chi connectivity index (χ0) is 14.7. The SMILES string of the molecule is CNc1ccc(C(=O)N2CCN(c3nccs3)CC2)nc1. The molecule has 1 aliphatic heterocycles. The number of carbonyl (C=O) groups is 1. The second kappa shape index (κ2) is 6.09. The standard InChI is InChI=1S/C14H17N5OS/c1-15-11-2-3-12(17-10-11)13(20)18-5-7-19(8-6-18)14-16-4-9-21-14/h2-4,9-10,15H,5-8H2,1H3. The summed E-state index contributed by atoms with van der Waals surface area (Å²) in [6, 6.07) is 3.63. The first-order chi connectivity index (χ1) is 10.3. The molecule has 0 saturated carbocycles. The molecule has 1 fully saturated rings. The summed E-state index contributed by atoms with van der Waals surface area (Å²) in [5.74, 6) is -0.00329. The lowest BCUT2D eigenvalue weighted by Crippen LogP contribution is -2.49. The summed E-state index contributed by atoms with van der Waals surface area (Å²) < 4.78 is 0. The number of hydrogen-bond donors (Lipinski definition) is 1. The fraction of sp³-hybridized carbons (Fsp3) is 0.357. The molecule has 0 atom stereocenters. The lowest BCUT2D eigenvalue weighted by atomic mass is 10.2. The summed E-state index contributed by atoms with van der Waals surface area (Å²) in [6.45, 7) is 3.03. The van der Waals surface area contributed by atoms with E-state index in [1.165, 1.54) is 0 Å². The molecule has 0 radical (unpaired) electrons. The molecular weight excluding hydrogens is 286 g/mol. The van der Waals surface area contributed by atoms with Crippen LogP contribution in [-0.4, -0.2) is 54.0 Å². The van der Waals surface area contributed by atoms with Gasteiger partial charge in [0.1, 0.15) is 5.69 Å². The van der Waals surface area contributed by atoms with Crippen molar-refractivity contribution in [1.29, 1.82) is 0 Å². The van der Waals surface area contributed by atoms with Gasteiger partial charge in [-0.25, -0.2) is 9.97 Å². The summed E-state index contributed by atoms with van der Waals surface area (Å²) in [6.07, 6.45) is 3.49. The van der Waals surface area contributed by atoms with Crippen molar-refractivity contribution in [2.24, 2.45) is 0 Å². The van der Waals surface area contributed by atoms with E-state index < -0.39 is 0 Å². The van der Waals surface area contributed by atoms with Gasteiger partial charge in [-0.1, -0.05) is 0 Å². The van der Waals surface area contributed by atoms with Crippen molar-refractivity contribution < 1.29 is 4.79 Å². The van der Waals surface area contributed by atoms with Gasteiger partial charge < -0.3 is 15.1 Å². The summed E-state index contributed by atoms with van der Waals surface area (Å²) in [5, 5.41) is 5.99. The Morgan fingerprint density at radius 1 is 1.24 bits per heavy atom. The number of nitrogens with zero attached hydrogens (tertiary/aromatic N) is 4. The van der Waals surface area contributed by atoms with Crippen LogP contribution in [0.25, 0.3) is 0 Å². The Morgan fingerprint density at radius 3 is 2.62 bits per heavy atom. The Balaban J connectivity index is 1.62. The number of anilines is 2. The number of rotatable bonds is 3. The van der Waals surface area contributed by atoms with E-state index in [1.807, 2.05) is 29.6 Å². The molecule has 1 aliphatic rings. The van der Waals surface area contributed by atoms with Crippen molar-refractivity contribution in [1.82, 2.24) is 14.9 Å². The molecule has 7 heteroatoms. The molecule has 0 bridgehead atoms. The zero-order valence-corrected chi connectivity index (χ0v) is 12.6. The Kier molecular flexibility index (Phi) is 4.01. The fourth-order valence-electron chi connectivity index (χ4n) is 2.30. The quantitative estimate of drug-likeness (QED) is 0.932. The number of carbonyl (C=O) groups excluding carboxylic acids is 1. The molecule has 6 nitrogen and oxygen atoms in total. The molecule has 2 aromatic heterocycles.